The van der Waals surface area contributed by atoms with Crippen molar-refractivity contribution >= 4 is 40.0 Å². The van der Waals surface area contributed by atoms with Crippen molar-refractivity contribution in [2.75, 3.05) is 11.9 Å². The number of fused-ring (bicyclic) bond motifs is 1. The molecule has 0 amide bonds. The number of aromatic nitrogens is 3. The zero-order valence-electron chi connectivity index (χ0n) is 21.3. The van der Waals surface area contributed by atoms with Crippen LogP contribution in [0.3, 0.4) is 0 Å². The van der Waals surface area contributed by atoms with Crippen LogP contribution in [-0.2, 0) is 13.5 Å². The fraction of sp³-hybridized carbons (Fsp3) is 0.133. The Balaban J connectivity index is 1.72. The first kappa shape index (κ1) is 24.8. The molecular weight excluding hydrogens is 481 g/mol. The molecule has 0 radical (unpaired) electrons. The summed E-state index contributed by atoms with van der Waals surface area (Å²) in [7, 11) is 3.59. The minimum atomic E-state index is -1.17. The maximum Gasteiger partial charge on any atom is 0.335 e. The lowest BCUT2D eigenvalue weighted by Crippen LogP contribution is -2.16. The number of aryl methyl sites for hydroxylation is 2. The second-order valence-electron chi connectivity index (χ2n) is 8.90. The van der Waals surface area contributed by atoms with Crippen LogP contribution in [0.4, 0.5) is 21.7 Å². The smallest absolute Gasteiger partial charge is 0.335 e. The summed E-state index contributed by atoms with van der Waals surface area (Å²) in [6.45, 7) is 1.86. The minimum Gasteiger partial charge on any atom is -0.478 e. The number of carboxylic acids is 1. The van der Waals surface area contributed by atoms with Crippen LogP contribution < -0.4 is 4.90 Å². The van der Waals surface area contributed by atoms with Gasteiger partial charge in [-0.25, -0.2) is 24.1 Å². The number of halogens is 1. The zero-order chi connectivity index (χ0) is 26.8. The normalized spacial score (nSPS) is 10.9. The molecular formula is C30H26FN5O2. The second-order valence-corrected chi connectivity index (χ2v) is 8.90. The maximum atomic E-state index is 15.3. The van der Waals surface area contributed by atoms with E-state index in [4.69, 9.17) is 9.98 Å². The lowest BCUT2D eigenvalue weighted by atomic mass is 10.0. The molecule has 1 N–H and O–H groups in total. The Hall–Kier alpha value is -4.85. The third kappa shape index (κ3) is 4.64. The zero-order valence-corrected chi connectivity index (χ0v) is 21.3. The number of pyridine rings is 1. The van der Waals surface area contributed by atoms with Crippen LogP contribution in [0.2, 0.25) is 0 Å². The number of imidazole rings is 1. The lowest BCUT2D eigenvalue weighted by molar-refractivity contribution is 0.0696. The highest BCUT2D eigenvalue weighted by molar-refractivity contribution is 6.14. The number of rotatable bonds is 7. The van der Waals surface area contributed by atoms with Crippen molar-refractivity contribution in [2.45, 2.75) is 13.3 Å². The van der Waals surface area contributed by atoms with Crippen molar-refractivity contribution in [3.63, 3.8) is 0 Å². The van der Waals surface area contributed by atoms with E-state index in [0.29, 0.717) is 29.1 Å². The van der Waals surface area contributed by atoms with Gasteiger partial charge in [0.15, 0.2) is 5.82 Å². The summed E-state index contributed by atoms with van der Waals surface area (Å²) in [5.74, 6) is -0.950. The van der Waals surface area contributed by atoms with Crippen LogP contribution in [0.25, 0.3) is 11.0 Å². The number of aromatic carboxylic acids is 1. The van der Waals surface area contributed by atoms with Crippen LogP contribution in [-0.4, -0.2) is 38.4 Å². The number of aliphatic imine (C=N–C) groups is 1. The van der Waals surface area contributed by atoms with E-state index < -0.39 is 11.8 Å². The molecule has 8 heteroatoms. The van der Waals surface area contributed by atoms with Crippen molar-refractivity contribution in [3.8, 4) is 0 Å². The molecule has 0 aliphatic rings. The van der Waals surface area contributed by atoms with Gasteiger partial charge in [0, 0.05) is 31.3 Å². The molecule has 0 saturated carbocycles. The predicted molar refractivity (Wildman–Crippen MR) is 147 cm³/mol. The van der Waals surface area contributed by atoms with E-state index in [-0.39, 0.29) is 11.3 Å². The molecule has 0 aliphatic heterocycles. The first-order valence-electron chi connectivity index (χ1n) is 12.2. The van der Waals surface area contributed by atoms with Crippen LogP contribution in [0.15, 0.2) is 90.2 Å². The van der Waals surface area contributed by atoms with Gasteiger partial charge in [0.1, 0.15) is 17.2 Å². The standard InChI is InChI=1S/C30H26FN5O2/c1-4-19-15-22(30(37)38)16-23(31)28(19)36(3)25-17-24-27(32-18-35(24)2)29(33-25)34-26(20-11-7-5-8-12-20)21-13-9-6-10-14-21/h5-18H,4H2,1-3H3,(H,37,38). The van der Waals surface area contributed by atoms with E-state index in [1.807, 2.05) is 85.3 Å². The second kappa shape index (κ2) is 10.3. The fourth-order valence-corrected chi connectivity index (χ4v) is 4.48. The Morgan fingerprint density at radius 3 is 2.21 bits per heavy atom. The monoisotopic (exact) mass is 507 g/mol. The van der Waals surface area contributed by atoms with Gasteiger partial charge in [-0.05, 0) is 24.1 Å². The van der Waals surface area contributed by atoms with E-state index in [9.17, 15) is 9.90 Å². The molecule has 5 aromatic rings. The summed E-state index contributed by atoms with van der Waals surface area (Å²) in [5, 5.41) is 9.39. The van der Waals surface area contributed by atoms with Gasteiger partial charge in [0.2, 0.25) is 0 Å². The van der Waals surface area contributed by atoms with Crippen LogP contribution in [0.1, 0.15) is 34.0 Å². The number of carboxylic acid groups (broad SMARTS) is 1. The van der Waals surface area contributed by atoms with Gasteiger partial charge in [0.05, 0.1) is 28.8 Å². The Bertz CT molecular complexity index is 1620. The Morgan fingerprint density at radius 1 is 1.00 bits per heavy atom. The fourth-order valence-electron chi connectivity index (χ4n) is 4.48. The highest BCUT2D eigenvalue weighted by atomic mass is 19.1. The lowest BCUT2D eigenvalue weighted by Gasteiger charge is -2.23. The Labute approximate surface area is 219 Å². The van der Waals surface area contributed by atoms with Crippen LogP contribution >= 0.6 is 0 Å². The Morgan fingerprint density at radius 2 is 1.63 bits per heavy atom. The number of hydrogen-bond acceptors (Lipinski definition) is 5. The van der Waals surface area contributed by atoms with E-state index in [0.717, 1.165) is 28.4 Å². The molecule has 0 bridgehead atoms. The number of anilines is 2. The summed E-state index contributed by atoms with van der Waals surface area (Å²) in [4.78, 5) is 27.5. The number of hydrogen-bond donors (Lipinski definition) is 1. The van der Waals surface area contributed by atoms with E-state index in [2.05, 4.69) is 4.98 Å². The predicted octanol–water partition coefficient (Wildman–Crippen LogP) is 6.31. The molecule has 0 saturated heterocycles. The average molecular weight is 508 g/mol. The molecule has 7 nitrogen and oxygen atoms in total. The molecule has 5 rings (SSSR count). The molecule has 3 aromatic carbocycles. The molecule has 2 aromatic heterocycles. The third-order valence-electron chi connectivity index (χ3n) is 6.44. The SMILES string of the molecule is CCc1cc(C(=O)O)cc(F)c1N(C)c1cc2c(ncn2C)c(N=C(c2ccccc2)c2ccccc2)n1. The van der Waals surface area contributed by atoms with Crippen molar-refractivity contribution in [1.29, 1.82) is 0 Å². The highest BCUT2D eigenvalue weighted by Crippen LogP contribution is 2.35. The first-order valence-corrected chi connectivity index (χ1v) is 12.2. The summed E-state index contributed by atoms with van der Waals surface area (Å²) in [6.07, 6.45) is 2.14. The van der Waals surface area contributed by atoms with Crippen molar-refractivity contribution in [3.05, 3.63) is 113 Å². The van der Waals surface area contributed by atoms with Gasteiger partial charge in [-0.3, -0.25) is 0 Å². The maximum absolute atomic E-state index is 15.3. The summed E-state index contributed by atoms with van der Waals surface area (Å²) in [5.41, 5.74) is 4.72. The van der Waals surface area contributed by atoms with E-state index >= 15 is 4.39 Å². The van der Waals surface area contributed by atoms with Gasteiger partial charge in [0.25, 0.3) is 0 Å². The van der Waals surface area contributed by atoms with Gasteiger partial charge in [-0.15, -0.1) is 0 Å². The van der Waals surface area contributed by atoms with Crippen LogP contribution in [0.5, 0.6) is 0 Å². The topological polar surface area (TPSA) is 83.6 Å². The van der Waals surface area contributed by atoms with E-state index in [1.54, 1.807) is 18.3 Å². The average Bonchev–Trinajstić information content (AvgIpc) is 3.32. The minimum absolute atomic E-state index is 0.0906. The number of carbonyl (C=O) groups is 1. The largest absolute Gasteiger partial charge is 0.478 e. The van der Waals surface area contributed by atoms with Crippen molar-refractivity contribution < 1.29 is 14.3 Å². The highest BCUT2D eigenvalue weighted by Gasteiger charge is 2.21. The molecule has 0 fully saturated rings. The van der Waals surface area contributed by atoms with Gasteiger partial charge in [-0.2, -0.15) is 0 Å². The molecule has 0 atom stereocenters. The molecule has 0 spiro atoms. The van der Waals surface area contributed by atoms with E-state index in [1.165, 1.54) is 6.07 Å². The van der Waals surface area contributed by atoms with Gasteiger partial charge in [-0.1, -0.05) is 67.6 Å². The molecule has 38 heavy (non-hydrogen) atoms. The summed E-state index contributed by atoms with van der Waals surface area (Å²) in [6, 6.07) is 24.1. The van der Waals surface area contributed by atoms with Gasteiger partial charge >= 0.3 is 5.97 Å². The molecule has 0 unspecified atom stereocenters. The Kier molecular flexibility index (Phi) is 6.70. The number of nitrogens with zero attached hydrogens (tertiary/aromatic N) is 5. The first-order chi connectivity index (χ1) is 18.4. The quantitative estimate of drug-likeness (QED) is 0.261. The van der Waals surface area contributed by atoms with Gasteiger partial charge < -0.3 is 14.6 Å². The summed E-state index contributed by atoms with van der Waals surface area (Å²) >= 11 is 0. The summed E-state index contributed by atoms with van der Waals surface area (Å²) < 4.78 is 17.2. The molecule has 2 heterocycles. The molecule has 190 valence electrons. The van der Waals surface area contributed by atoms with Crippen molar-refractivity contribution in [2.24, 2.45) is 12.0 Å². The van der Waals surface area contributed by atoms with Crippen LogP contribution in [0, 0.1) is 5.82 Å². The molecule has 0 aliphatic carbocycles. The van der Waals surface area contributed by atoms with Crippen molar-refractivity contribution in [1.82, 2.24) is 14.5 Å². The number of benzene rings is 3. The third-order valence-corrected chi connectivity index (χ3v) is 6.44.